The molecule has 1 aromatic rings. The zero-order valence-electron chi connectivity index (χ0n) is 8.42. The van der Waals surface area contributed by atoms with Gasteiger partial charge in [0.1, 0.15) is 5.82 Å². The Morgan fingerprint density at radius 3 is 2.87 bits per heavy atom. The minimum atomic E-state index is -0.718. The molecular formula is C12H14ClFO. The highest BCUT2D eigenvalue weighted by molar-refractivity contribution is 6.30. The van der Waals surface area contributed by atoms with Gasteiger partial charge in [0, 0.05) is 5.56 Å². The lowest BCUT2D eigenvalue weighted by Crippen LogP contribution is -2.01. The molecule has 82 valence electrons. The molecule has 1 aliphatic rings. The van der Waals surface area contributed by atoms with E-state index in [2.05, 4.69) is 0 Å². The van der Waals surface area contributed by atoms with E-state index in [1.165, 1.54) is 18.9 Å². The lowest BCUT2D eigenvalue weighted by molar-refractivity contribution is 0.158. The lowest BCUT2D eigenvalue weighted by Gasteiger charge is -2.12. The van der Waals surface area contributed by atoms with E-state index >= 15 is 0 Å². The quantitative estimate of drug-likeness (QED) is 0.833. The predicted octanol–water partition coefficient (Wildman–Crippen LogP) is 3.70. The fraction of sp³-hybridized carbons (Fsp3) is 0.500. The zero-order valence-corrected chi connectivity index (χ0v) is 9.17. The van der Waals surface area contributed by atoms with Crippen molar-refractivity contribution in [3.63, 3.8) is 0 Å². The topological polar surface area (TPSA) is 20.2 Å². The minimum absolute atomic E-state index is 0.0815. The Labute approximate surface area is 93.9 Å². The van der Waals surface area contributed by atoms with E-state index in [9.17, 15) is 9.50 Å². The molecule has 1 N–H and O–H groups in total. The second-order valence-corrected chi connectivity index (χ2v) is 4.59. The van der Waals surface area contributed by atoms with Gasteiger partial charge in [0.25, 0.3) is 0 Å². The number of halogens is 2. The van der Waals surface area contributed by atoms with Gasteiger partial charge in [0.2, 0.25) is 0 Å². The summed E-state index contributed by atoms with van der Waals surface area (Å²) in [5, 5.41) is 9.89. The number of hydrogen-bond acceptors (Lipinski definition) is 1. The second kappa shape index (κ2) is 4.50. The monoisotopic (exact) mass is 228 g/mol. The summed E-state index contributed by atoms with van der Waals surface area (Å²) in [6.07, 6.45) is 3.40. The highest BCUT2D eigenvalue weighted by Gasteiger charge is 2.23. The summed E-state index contributed by atoms with van der Waals surface area (Å²) in [5.74, 6) is 0.268. The van der Waals surface area contributed by atoms with Crippen LogP contribution in [0.25, 0.3) is 0 Å². The molecule has 0 amide bonds. The molecular weight excluding hydrogens is 215 g/mol. The van der Waals surface area contributed by atoms with Crippen LogP contribution in [0.15, 0.2) is 18.2 Å². The van der Waals surface area contributed by atoms with Gasteiger partial charge in [0.05, 0.1) is 11.1 Å². The first-order valence-electron chi connectivity index (χ1n) is 5.30. The van der Waals surface area contributed by atoms with Gasteiger partial charge in [-0.15, -0.1) is 0 Å². The van der Waals surface area contributed by atoms with Gasteiger partial charge < -0.3 is 5.11 Å². The smallest absolute Gasteiger partial charge is 0.147 e. The predicted molar refractivity (Wildman–Crippen MR) is 58.3 cm³/mol. The van der Waals surface area contributed by atoms with Crippen molar-refractivity contribution in [2.75, 3.05) is 0 Å². The third kappa shape index (κ3) is 2.70. The summed E-state index contributed by atoms with van der Waals surface area (Å²) in [5.41, 5.74) is 0.322. The van der Waals surface area contributed by atoms with Crippen LogP contribution < -0.4 is 0 Å². The van der Waals surface area contributed by atoms with Crippen molar-refractivity contribution in [3.05, 3.63) is 34.6 Å². The first-order chi connectivity index (χ1) is 7.18. The fourth-order valence-corrected chi connectivity index (χ4v) is 1.92. The van der Waals surface area contributed by atoms with Crippen LogP contribution in [0.4, 0.5) is 4.39 Å². The SMILES string of the molecule is OC(CCC1CC1)c1cccc(Cl)c1F. The molecule has 1 unspecified atom stereocenters. The maximum atomic E-state index is 13.5. The highest BCUT2D eigenvalue weighted by Crippen LogP contribution is 2.36. The molecule has 2 rings (SSSR count). The van der Waals surface area contributed by atoms with Gasteiger partial charge in [-0.25, -0.2) is 4.39 Å². The molecule has 0 aliphatic heterocycles. The van der Waals surface area contributed by atoms with Crippen molar-refractivity contribution in [2.45, 2.75) is 31.8 Å². The summed E-state index contributed by atoms with van der Waals surface area (Å²) < 4.78 is 13.5. The second-order valence-electron chi connectivity index (χ2n) is 4.18. The minimum Gasteiger partial charge on any atom is -0.388 e. The van der Waals surface area contributed by atoms with Crippen molar-refractivity contribution in [1.29, 1.82) is 0 Å². The Morgan fingerprint density at radius 2 is 2.20 bits per heavy atom. The fourth-order valence-electron chi connectivity index (χ4n) is 1.73. The van der Waals surface area contributed by atoms with E-state index in [4.69, 9.17) is 11.6 Å². The van der Waals surface area contributed by atoms with Crippen molar-refractivity contribution in [1.82, 2.24) is 0 Å². The molecule has 0 aromatic heterocycles. The summed E-state index contributed by atoms with van der Waals surface area (Å²) in [4.78, 5) is 0. The van der Waals surface area contributed by atoms with Crippen LogP contribution in [-0.4, -0.2) is 5.11 Å². The molecule has 0 bridgehead atoms. The first-order valence-corrected chi connectivity index (χ1v) is 5.68. The number of rotatable bonds is 4. The molecule has 1 aliphatic carbocycles. The van der Waals surface area contributed by atoms with E-state index in [1.54, 1.807) is 12.1 Å². The van der Waals surface area contributed by atoms with Crippen molar-refractivity contribution < 1.29 is 9.50 Å². The van der Waals surface area contributed by atoms with E-state index in [-0.39, 0.29) is 5.02 Å². The average molecular weight is 229 g/mol. The van der Waals surface area contributed by atoms with Crippen LogP contribution in [0, 0.1) is 11.7 Å². The van der Waals surface area contributed by atoms with Crippen molar-refractivity contribution in [2.24, 2.45) is 5.92 Å². The summed E-state index contributed by atoms with van der Waals surface area (Å²) in [6.45, 7) is 0. The number of benzene rings is 1. The number of aliphatic hydroxyl groups excluding tert-OH is 1. The molecule has 1 aromatic carbocycles. The third-order valence-corrected chi connectivity index (χ3v) is 3.18. The van der Waals surface area contributed by atoms with Crippen LogP contribution in [0.2, 0.25) is 5.02 Å². The zero-order chi connectivity index (χ0) is 10.8. The molecule has 0 saturated heterocycles. The summed E-state index contributed by atoms with van der Waals surface area (Å²) in [6, 6.07) is 4.76. The number of hydrogen-bond donors (Lipinski definition) is 1. The van der Waals surface area contributed by atoms with Gasteiger partial charge in [-0.2, -0.15) is 0 Å². The van der Waals surface area contributed by atoms with Gasteiger partial charge >= 0.3 is 0 Å². The first kappa shape index (κ1) is 10.9. The Hall–Kier alpha value is -0.600. The van der Waals surface area contributed by atoms with Gasteiger partial charge in [0.15, 0.2) is 0 Å². The molecule has 1 atom stereocenters. The molecule has 0 spiro atoms. The summed E-state index contributed by atoms with van der Waals surface area (Å²) in [7, 11) is 0. The third-order valence-electron chi connectivity index (χ3n) is 2.89. The van der Waals surface area contributed by atoms with Gasteiger partial charge in [-0.1, -0.05) is 36.6 Å². The van der Waals surface area contributed by atoms with Crippen LogP contribution in [0.1, 0.15) is 37.4 Å². The molecule has 1 saturated carbocycles. The maximum absolute atomic E-state index is 13.5. The average Bonchev–Trinajstić information content (AvgIpc) is 3.02. The Balaban J connectivity index is 2.02. The summed E-state index contributed by atoms with van der Waals surface area (Å²) >= 11 is 5.65. The van der Waals surface area contributed by atoms with E-state index < -0.39 is 11.9 Å². The van der Waals surface area contributed by atoms with Crippen LogP contribution in [0.5, 0.6) is 0 Å². The standard InChI is InChI=1S/C12H14ClFO/c13-10-3-1-2-9(12(10)14)11(15)7-6-8-4-5-8/h1-3,8,11,15H,4-7H2. The highest BCUT2D eigenvalue weighted by atomic mass is 35.5. The van der Waals surface area contributed by atoms with Crippen molar-refractivity contribution in [3.8, 4) is 0 Å². The Bertz CT molecular complexity index is 349. The largest absolute Gasteiger partial charge is 0.388 e. The molecule has 15 heavy (non-hydrogen) atoms. The molecule has 0 heterocycles. The van der Waals surface area contributed by atoms with E-state index in [0.717, 1.165) is 12.3 Å². The molecule has 1 nitrogen and oxygen atoms in total. The van der Waals surface area contributed by atoms with E-state index in [0.29, 0.717) is 12.0 Å². The van der Waals surface area contributed by atoms with Crippen LogP contribution >= 0.6 is 11.6 Å². The van der Waals surface area contributed by atoms with Gasteiger partial charge in [-0.3, -0.25) is 0 Å². The molecule has 3 heteroatoms. The van der Waals surface area contributed by atoms with Crippen LogP contribution in [0.3, 0.4) is 0 Å². The molecule has 0 radical (unpaired) electrons. The lowest BCUT2D eigenvalue weighted by atomic mass is 10.0. The molecule has 1 fully saturated rings. The Kier molecular flexibility index (Phi) is 3.27. The normalized spacial score (nSPS) is 17.8. The maximum Gasteiger partial charge on any atom is 0.147 e. The van der Waals surface area contributed by atoms with Gasteiger partial charge in [-0.05, 0) is 24.8 Å². The van der Waals surface area contributed by atoms with E-state index in [1.807, 2.05) is 0 Å². The number of aliphatic hydroxyl groups is 1. The Morgan fingerprint density at radius 1 is 1.47 bits per heavy atom. The van der Waals surface area contributed by atoms with Crippen LogP contribution in [-0.2, 0) is 0 Å². The van der Waals surface area contributed by atoms with Crippen molar-refractivity contribution >= 4 is 11.6 Å².